The molecule has 0 aliphatic carbocycles. The molecule has 2 rings (SSSR count). The predicted octanol–water partition coefficient (Wildman–Crippen LogP) is 0.404. The van der Waals surface area contributed by atoms with Crippen molar-refractivity contribution < 1.29 is 18.3 Å². The molecule has 2 N–H and O–H groups in total. The molecule has 10 heteroatoms. The second-order valence-corrected chi connectivity index (χ2v) is 7.33. The number of aromatic nitrogens is 3. The Morgan fingerprint density at radius 1 is 1.52 bits per heavy atom. The molecule has 0 bridgehead atoms. The molecule has 2 aromatic rings. The highest BCUT2D eigenvalue weighted by molar-refractivity contribution is 7.89. The van der Waals surface area contributed by atoms with Crippen LogP contribution >= 0.6 is 11.3 Å². The summed E-state index contributed by atoms with van der Waals surface area (Å²) in [6, 6.07) is 1.17. The maximum atomic E-state index is 12.2. The first-order valence-electron chi connectivity index (χ1n) is 5.97. The van der Waals surface area contributed by atoms with E-state index in [9.17, 15) is 13.2 Å². The van der Waals surface area contributed by atoms with Gasteiger partial charge in [0.1, 0.15) is 17.0 Å². The molecule has 0 radical (unpaired) electrons. The smallest absolute Gasteiger partial charge is 0.345 e. The average Bonchev–Trinajstić information content (AvgIpc) is 2.96. The van der Waals surface area contributed by atoms with Crippen molar-refractivity contribution in [2.75, 3.05) is 6.54 Å². The van der Waals surface area contributed by atoms with Crippen molar-refractivity contribution in [3.63, 3.8) is 0 Å². The lowest BCUT2D eigenvalue weighted by atomic mass is 10.4. The SMILES string of the molecule is Cc1sc(C(=O)O)cc1S(=O)(=O)NCCc1nncn1C. The van der Waals surface area contributed by atoms with Gasteiger partial charge < -0.3 is 9.67 Å². The van der Waals surface area contributed by atoms with Gasteiger partial charge in [0.15, 0.2) is 0 Å². The summed E-state index contributed by atoms with van der Waals surface area (Å²) in [6.45, 7) is 1.74. The van der Waals surface area contributed by atoms with Gasteiger partial charge in [0.2, 0.25) is 10.0 Å². The summed E-state index contributed by atoms with van der Waals surface area (Å²) in [5, 5.41) is 16.5. The quantitative estimate of drug-likeness (QED) is 0.792. The summed E-state index contributed by atoms with van der Waals surface area (Å²) in [4.78, 5) is 11.3. The van der Waals surface area contributed by atoms with Gasteiger partial charge in [0.05, 0.1) is 4.90 Å². The van der Waals surface area contributed by atoms with Crippen molar-refractivity contribution >= 4 is 27.3 Å². The van der Waals surface area contributed by atoms with Gasteiger partial charge >= 0.3 is 5.97 Å². The van der Waals surface area contributed by atoms with Gasteiger partial charge in [-0.1, -0.05) is 0 Å². The summed E-state index contributed by atoms with van der Waals surface area (Å²) >= 11 is 0.938. The minimum atomic E-state index is -3.73. The van der Waals surface area contributed by atoms with Gasteiger partial charge in [-0.3, -0.25) is 0 Å². The van der Waals surface area contributed by atoms with Crippen LogP contribution in [0.25, 0.3) is 0 Å². The van der Waals surface area contributed by atoms with E-state index < -0.39 is 16.0 Å². The number of thiophene rings is 1. The van der Waals surface area contributed by atoms with Crippen LogP contribution < -0.4 is 4.72 Å². The fourth-order valence-corrected chi connectivity index (χ4v) is 4.21. The molecule has 0 amide bonds. The van der Waals surface area contributed by atoms with E-state index in [1.807, 2.05) is 0 Å². The van der Waals surface area contributed by atoms with Crippen LogP contribution in [0.5, 0.6) is 0 Å². The lowest BCUT2D eigenvalue weighted by molar-refractivity contribution is 0.0702. The van der Waals surface area contributed by atoms with Gasteiger partial charge in [0, 0.05) is 24.9 Å². The number of sulfonamides is 1. The summed E-state index contributed by atoms with van der Waals surface area (Å²) in [5.41, 5.74) is 0. The summed E-state index contributed by atoms with van der Waals surface area (Å²) < 4.78 is 28.5. The highest BCUT2D eigenvalue weighted by Gasteiger charge is 2.21. The number of hydrogen-bond donors (Lipinski definition) is 2. The van der Waals surface area contributed by atoms with E-state index in [2.05, 4.69) is 14.9 Å². The Kier molecular flexibility index (Phi) is 4.40. The maximum Gasteiger partial charge on any atom is 0.345 e. The van der Waals surface area contributed by atoms with Crippen LogP contribution in [0.15, 0.2) is 17.3 Å². The van der Waals surface area contributed by atoms with Crippen molar-refractivity contribution in [3.8, 4) is 0 Å². The van der Waals surface area contributed by atoms with Crippen LogP contribution in [-0.2, 0) is 23.5 Å². The van der Waals surface area contributed by atoms with Crippen molar-refractivity contribution in [2.45, 2.75) is 18.2 Å². The molecule has 0 aromatic carbocycles. The standard InChI is InChI=1S/C11H14N4O4S2/c1-7-9(5-8(20-7)11(16)17)21(18,19)13-4-3-10-14-12-6-15(10)2/h5-6,13H,3-4H2,1-2H3,(H,16,17). The van der Waals surface area contributed by atoms with E-state index in [1.54, 1.807) is 18.5 Å². The molecule has 0 saturated heterocycles. The molecule has 0 unspecified atom stereocenters. The number of nitrogens with zero attached hydrogens (tertiary/aromatic N) is 3. The molecular weight excluding hydrogens is 316 g/mol. The van der Waals surface area contributed by atoms with Gasteiger partial charge in [-0.05, 0) is 13.0 Å². The number of rotatable bonds is 6. The minimum absolute atomic E-state index is 0.00109. The topological polar surface area (TPSA) is 114 Å². The minimum Gasteiger partial charge on any atom is -0.477 e. The molecule has 0 saturated carbocycles. The van der Waals surface area contributed by atoms with Crippen molar-refractivity contribution in [2.24, 2.45) is 7.05 Å². The normalized spacial score (nSPS) is 11.7. The molecule has 114 valence electrons. The van der Waals surface area contributed by atoms with Crippen LogP contribution in [-0.4, -0.2) is 40.8 Å². The molecule has 0 aliphatic heterocycles. The second kappa shape index (κ2) is 5.92. The highest BCUT2D eigenvalue weighted by Crippen LogP contribution is 2.25. The van der Waals surface area contributed by atoms with Crippen LogP contribution in [0.1, 0.15) is 20.4 Å². The number of aryl methyl sites for hydroxylation is 2. The molecule has 0 atom stereocenters. The maximum absolute atomic E-state index is 12.2. The number of aromatic carboxylic acids is 1. The number of nitrogens with one attached hydrogen (secondary N) is 1. The van der Waals surface area contributed by atoms with E-state index in [4.69, 9.17) is 5.11 Å². The van der Waals surface area contributed by atoms with Gasteiger partial charge in [-0.2, -0.15) is 0 Å². The highest BCUT2D eigenvalue weighted by atomic mass is 32.2. The Labute approximate surface area is 125 Å². The first kappa shape index (κ1) is 15.6. The molecule has 0 spiro atoms. The zero-order valence-electron chi connectivity index (χ0n) is 11.4. The van der Waals surface area contributed by atoms with Gasteiger partial charge in [0.25, 0.3) is 0 Å². The van der Waals surface area contributed by atoms with E-state index in [0.29, 0.717) is 17.1 Å². The third-order valence-electron chi connectivity index (χ3n) is 2.82. The Balaban J connectivity index is 2.08. The molecular formula is C11H14N4O4S2. The third kappa shape index (κ3) is 3.46. The summed E-state index contributed by atoms with van der Waals surface area (Å²) in [6.07, 6.45) is 1.93. The van der Waals surface area contributed by atoms with Crippen LogP contribution in [0.2, 0.25) is 0 Å². The van der Waals surface area contributed by atoms with Gasteiger partial charge in [-0.25, -0.2) is 17.9 Å². The lowest BCUT2D eigenvalue weighted by Crippen LogP contribution is -2.26. The number of carboxylic acid groups (broad SMARTS) is 1. The predicted molar refractivity (Wildman–Crippen MR) is 75.9 cm³/mol. The zero-order valence-corrected chi connectivity index (χ0v) is 13.0. The van der Waals surface area contributed by atoms with Crippen molar-refractivity contribution in [1.29, 1.82) is 0 Å². The Hall–Kier alpha value is -1.78. The molecule has 2 heterocycles. The fraction of sp³-hybridized carbons (Fsp3) is 0.364. The van der Waals surface area contributed by atoms with Crippen LogP contribution in [0.4, 0.5) is 0 Å². The first-order valence-corrected chi connectivity index (χ1v) is 8.27. The van der Waals surface area contributed by atoms with Crippen molar-refractivity contribution in [1.82, 2.24) is 19.5 Å². The molecule has 0 aliphatic rings. The van der Waals surface area contributed by atoms with Gasteiger partial charge in [-0.15, -0.1) is 21.5 Å². The van der Waals surface area contributed by atoms with E-state index in [-0.39, 0.29) is 16.3 Å². The summed E-state index contributed by atoms with van der Waals surface area (Å²) in [7, 11) is -1.96. The average molecular weight is 330 g/mol. The summed E-state index contributed by atoms with van der Waals surface area (Å²) in [5.74, 6) is -0.477. The Bertz CT molecular complexity index is 763. The largest absolute Gasteiger partial charge is 0.477 e. The van der Waals surface area contributed by atoms with E-state index in [1.165, 1.54) is 12.4 Å². The van der Waals surface area contributed by atoms with Crippen molar-refractivity contribution in [3.05, 3.63) is 28.0 Å². The van der Waals surface area contributed by atoms with E-state index >= 15 is 0 Å². The Morgan fingerprint density at radius 3 is 2.76 bits per heavy atom. The number of hydrogen-bond acceptors (Lipinski definition) is 6. The second-order valence-electron chi connectivity index (χ2n) is 4.34. The van der Waals surface area contributed by atoms with Crippen LogP contribution in [0, 0.1) is 6.92 Å². The number of carbonyl (C=O) groups is 1. The van der Waals surface area contributed by atoms with E-state index in [0.717, 1.165) is 11.3 Å². The molecule has 2 aromatic heterocycles. The van der Waals surface area contributed by atoms with Crippen LogP contribution in [0.3, 0.4) is 0 Å². The number of carboxylic acids is 1. The Morgan fingerprint density at radius 2 is 2.24 bits per heavy atom. The third-order valence-corrected chi connectivity index (χ3v) is 5.57. The fourth-order valence-electron chi connectivity index (χ4n) is 1.75. The monoisotopic (exact) mass is 330 g/mol. The lowest BCUT2D eigenvalue weighted by Gasteiger charge is -2.05. The molecule has 8 nitrogen and oxygen atoms in total. The molecule has 21 heavy (non-hydrogen) atoms. The zero-order chi connectivity index (χ0) is 15.6. The molecule has 0 fully saturated rings. The first-order chi connectivity index (χ1) is 9.81.